The van der Waals surface area contributed by atoms with Gasteiger partial charge in [0.1, 0.15) is 0 Å². The number of nitrogen functional groups attached to an aromatic ring is 1. The minimum absolute atomic E-state index is 0.501. The fourth-order valence-electron chi connectivity index (χ4n) is 1.43. The predicted octanol–water partition coefficient (Wildman–Crippen LogP) is 2.34. The maximum atomic E-state index is 5.66. The molecule has 1 aromatic rings. The van der Waals surface area contributed by atoms with E-state index in [1.165, 1.54) is 24.8 Å². The highest BCUT2D eigenvalue weighted by molar-refractivity contribution is 5.40. The number of ether oxygens (including phenoxy) is 1. The summed E-state index contributed by atoms with van der Waals surface area (Å²) in [6, 6.07) is 7.88. The zero-order valence-corrected chi connectivity index (χ0v) is 7.70. The quantitative estimate of drug-likeness (QED) is 0.719. The number of hydrogen-bond donors (Lipinski definition) is 1. The van der Waals surface area contributed by atoms with E-state index in [0.29, 0.717) is 12.7 Å². The number of hydrogen-bond acceptors (Lipinski definition) is 2. The van der Waals surface area contributed by atoms with Gasteiger partial charge in [-0.1, -0.05) is 12.1 Å². The van der Waals surface area contributed by atoms with E-state index in [4.69, 9.17) is 10.5 Å². The van der Waals surface area contributed by atoms with E-state index < -0.39 is 0 Å². The summed E-state index contributed by atoms with van der Waals surface area (Å²) in [6.07, 6.45) is 4.27. The number of nitrogens with two attached hydrogens (primary N) is 1. The van der Waals surface area contributed by atoms with E-state index in [2.05, 4.69) is 6.07 Å². The van der Waals surface area contributed by atoms with Crippen LogP contribution < -0.4 is 5.73 Å². The summed E-state index contributed by atoms with van der Waals surface area (Å²) in [6.45, 7) is 0.704. The van der Waals surface area contributed by atoms with E-state index in [1.54, 1.807) is 0 Å². The van der Waals surface area contributed by atoms with Crippen LogP contribution in [0, 0.1) is 0 Å². The van der Waals surface area contributed by atoms with Crippen molar-refractivity contribution in [1.82, 2.24) is 0 Å². The Balaban J connectivity index is 1.86. The zero-order chi connectivity index (χ0) is 9.10. The third-order valence-corrected chi connectivity index (χ3v) is 2.49. The first-order valence-corrected chi connectivity index (χ1v) is 4.80. The van der Waals surface area contributed by atoms with Crippen LogP contribution in [0.5, 0.6) is 0 Å². The smallest absolute Gasteiger partial charge is 0.0721 e. The van der Waals surface area contributed by atoms with Gasteiger partial charge in [-0.15, -0.1) is 0 Å². The Hall–Kier alpha value is -1.02. The third kappa shape index (κ3) is 2.22. The summed E-state index contributed by atoms with van der Waals surface area (Å²) in [4.78, 5) is 0. The molecule has 1 aliphatic carbocycles. The second kappa shape index (κ2) is 3.79. The van der Waals surface area contributed by atoms with Crippen molar-refractivity contribution in [3.63, 3.8) is 0 Å². The Morgan fingerprint density at radius 2 is 2.23 bits per heavy atom. The molecule has 1 saturated carbocycles. The summed E-state index contributed by atoms with van der Waals surface area (Å²) >= 11 is 0. The molecule has 70 valence electrons. The molecule has 1 aromatic carbocycles. The van der Waals surface area contributed by atoms with Crippen LogP contribution >= 0.6 is 0 Å². The summed E-state index contributed by atoms with van der Waals surface area (Å²) in [5.41, 5.74) is 7.64. The van der Waals surface area contributed by atoms with Gasteiger partial charge in [0.25, 0.3) is 0 Å². The lowest BCUT2D eigenvalue weighted by molar-refractivity contribution is -0.00864. The highest BCUT2D eigenvalue weighted by Crippen LogP contribution is 2.23. The highest BCUT2D eigenvalue weighted by atomic mass is 16.5. The molecular formula is C11H15NO. The second-order valence-electron chi connectivity index (χ2n) is 3.61. The van der Waals surface area contributed by atoms with Gasteiger partial charge in [-0.05, 0) is 37.0 Å². The van der Waals surface area contributed by atoms with Crippen molar-refractivity contribution in [2.45, 2.75) is 32.0 Å². The van der Waals surface area contributed by atoms with Crippen LogP contribution in [0.4, 0.5) is 5.69 Å². The van der Waals surface area contributed by atoms with Crippen molar-refractivity contribution in [1.29, 1.82) is 0 Å². The SMILES string of the molecule is Nc1cccc(COC2CCC2)c1. The van der Waals surface area contributed by atoms with Crippen molar-refractivity contribution in [3.05, 3.63) is 29.8 Å². The molecule has 2 nitrogen and oxygen atoms in total. The minimum Gasteiger partial charge on any atom is -0.399 e. The second-order valence-corrected chi connectivity index (χ2v) is 3.61. The van der Waals surface area contributed by atoms with Crippen molar-refractivity contribution in [3.8, 4) is 0 Å². The van der Waals surface area contributed by atoms with E-state index in [9.17, 15) is 0 Å². The van der Waals surface area contributed by atoms with E-state index in [1.807, 2.05) is 18.2 Å². The average molecular weight is 177 g/mol. The maximum Gasteiger partial charge on any atom is 0.0721 e. The van der Waals surface area contributed by atoms with E-state index in [-0.39, 0.29) is 0 Å². The molecule has 0 amide bonds. The van der Waals surface area contributed by atoms with Crippen molar-refractivity contribution < 1.29 is 4.74 Å². The molecule has 0 radical (unpaired) electrons. The van der Waals surface area contributed by atoms with Gasteiger partial charge < -0.3 is 10.5 Å². The van der Waals surface area contributed by atoms with Gasteiger partial charge in [-0.25, -0.2) is 0 Å². The van der Waals surface area contributed by atoms with Crippen molar-refractivity contribution in [2.75, 3.05) is 5.73 Å². The Labute approximate surface area is 78.7 Å². The molecule has 1 fully saturated rings. The zero-order valence-electron chi connectivity index (χ0n) is 7.70. The Bertz CT molecular complexity index is 281. The molecule has 2 heteroatoms. The monoisotopic (exact) mass is 177 g/mol. The van der Waals surface area contributed by atoms with Gasteiger partial charge in [-0.2, -0.15) is 0 Å². The lowest BCUT2D eigenvalue weighted by Crippen LogP contribution is -2.21. The number of anilines is 1. The van der Waals surface area contributed by atoms with E-state index in [0.717, 1.165) is 5.69 Å². The molecule has 0 aromatic heterocycles. The van der Waals surface area contributed by atoms with Gasteiger partial charge in [-0.3, -0.25) is 0 Å². The lowest BCUT2D eigenvalue weighted by Gasteiger charge is -2.25. The predicted molar refractivity (Wildman–Crippen MR) is 53.3 cm³/mol. The van der Waals surface area contributed by atoms with Crippen molar-refractivity contribution >= 4 is 5.69 Å². The Morgan fingerprint density at radius 1 is 1.38 bits per heavy atom. The summed E-state index contributed by atoms with van der Waals surface area (Å²) < 4.78 is 5.66. The first-order chi connectivity index (χ1) is 6.34. The van der Waals surface area contributed by atoms with Crippen molar-refractivity contribution in [2.24, 2.45) is 0 Å². The first kappa shape index (κ1) is 8.57. The Kier molecular flexibility index (Phi) is 2.50. The highest BCUT2D eigenvalue weighted by Gasteiger charge is 2.17. The summed E-state index contributed by atoms with van der Waals surface area (Å²) in [5.74, 6) is 0. The summed E-state index contributed by atoms with van der Waals surface area (Å²) in [7, 11) is 0. The molecule has 0 saturated heterocycles. The Morgan fingerprint density at radius 3 is 2.85 bits per heavy atom. The molecule has 0 spiro atoms. The average Bonchev–Trinajstić information content (AvgIpc) is 2.01. The van der Waals surface area contributed by atoms with Crippen LogP contribution in [0.3, 0.4) is 0 Å². The van der Waals surface area contributed by atoms with Crippen LogP contribution in [0.1, 0.15) is 24.8 Å². The third-order valence-electron chi connectivity index (χ3n) is 2.49. The fourth-order valence-corrected chi connectivity index (χ4v) is 1.43. The normalized spacial score (nSPS) is 16.9. The van der Waals surface area contributed by atoms with Gasteiger partial charge in [0.2, 0.25) is 0 Å². The van der Waals surface area contributed by atoms with Gasteiger partial charge >= 0.3 is 0 Å². The van der Waals surface area contributed by atoms with Crippen LogP contribution in [-0.4, -0.2) is 6.10 Å². The molecule has 13 heavy (non-hydrogen) atoms. The van der Waals surface area contributed by atoms with Gasteiger partial charge in [0, 0.05) is 5.69 Å². The standard InChI is InChI=1S/C11H15NO/c12-10-4-1-3-9(7-10)8-13-11-5-2-6-11/h1,3-4,7,11H,2,5-6,8,12H2. The number of rotatable bonds is 3. The first-order valence-electron chi connectivity index (χ1n) is 4.80. The molecule has 2 rings (SSSR count). The van der Waals surface area contributed by atoms with E-state index >= 15 is 0 Å². The largest absolute Gasteiger partial charge is 0.399 e. The van der Waals surface area contributed by atoms with Gasteiger partial charge in [0.15, 0.2) is 0 Å². The van der Waals surface area contributed by atoms with Crippen LogP contribution in [0.2, 0.25) is 0 Å². The molecule has 1 aliphatic rings. The molecular weight excluding hydrogens is 162 g/mol. The molecule has 2 N–H and O–H groups in total. The minimum atomic E-state index is 0.501. The molecule has 0 atom stereocenters. The number of benzene rings is 1. The maximum absolute atomic E-state index is 5.66. The van der Waals surface area contributed by atoms with Gasteiger partial charge in [0.05, 0.1) is 12.7 Å². The van der Waals surface area contributed by atoms with Crippen LogP contribution in [-0.2, 0) is 11.3 Å². The molecule has 0 bridgehead atoms. The van der Waals surface area contributed by atoms with Crippen LogP contribution in [0.15, 0.2) is 24.3 Å². The van der Waals surface area contributed by atoms with Crippen LogP contribution in [0.25, 0.3) is 0 Å². The fraction of sp³-hybridized carbons (Fsp3) is 0.455. The molecule has 0 aliphatic heterocycles. The topological polar surface area (TPSA) is 35.2 Å². The summed E-state index contributed by atoms with van der Waals surface area (Å²) in [5, 5.41) is 0. The molecule has 0 unspecified atom stereocenters. The lowest BCUT2D eigenvalue weighted by atomic mass is 9.96. The molecule has 0 heterocycles.